The first-order valence-corrected chi connectivity index (χ1v) is 13.5. The largest absolute Gasteiger partial charge is 0.417 e. The van der Waals surface area contributed by atoms with Crippen LogP contribution in [-0.4, -0.2) is 30.4 Å². The van der Waals surface area contributed by atoms with Crippen LogP contribution in [0.15, 0.2) is 65.8 Å². The number of pyridine rings is 1. The minimum Gasteiger partial charge on any atom is -0.383 e. The van der Waals surface area contributed by atoms with E-state index < -0.39 is 29.3 Å². The molecule has 0 saturated heterocycles. The van der Waals surface area contributed by atoms with E-state index in [-0.39, 0.29) is 30.0 Å². The smallest absolute Gasteiger partial charge is 0.383 e. The van der Waals surface area contributed by atoms with Gasteiger partial charge in [0.05, 0.1) is 17.7 Å². The number of nitrogens with one attached hydrogen (secondary N) is 2. The Bertz CT molecular complexity index is 1670. The van der Waals surface area contributed by atoms with Crippen molar-refractivity contribution in [3.63, 3.8) is 0 Å². The Kier molecular flexibility index (Phi) is 8.12. The van der Waals surface area contributed by atoms with E-state index in [1.54, 1.807) is 0 Å². The van der Waals surface area contributed by atoms with Gasteiger partial charge in [-0.1, -0.05) is 12.1 Å². The lowest BCUT2D eigenvalue weighted by molar-refractivity contribution is -0.137. The molecule has 0 bridgehead atoms. The molecule has 1 amide bonds. The van der Waals surface area contributed by atoms with Crippen LogP contribution in [0.3, 0.4) is 0 Å². The predicted octanol–water partition coefficient (Wildman–Crippen LogP) is 5.69. The zero-order valence-electron chi connectivity index (χ0n) is 22.2. The normalized spacial score (nSPS) is 13.0. The molecule has 0 spiro atoms. The van der Waals surface area contributed by atoms with E-state index in [1.165, 1.54) is 17.4 Å². The summed E-state index contributed by atoms with van der Waals surface area (Å²) in [5.41, 5.74) is 7.84. The molecule has 7 nitrogen and oxygen atoms in total. The zero-order valence-corrected chi connectivity index (χ0v) is 23.0. The van der Waals surface area contributed by atoms with Gasteiger partial charge in [0.25, 0.3) is 5.91 Å². The molecule has 1 aliphatic rings. The second-order valence-corrected chi connectivity index (χ2v) is 10.9. The summed E-state index contributed by atoms with van der Waals surface area (Å²) in [5.74, 6) is -2.56. The number of rotatable bonds is 8. The summed E-state index contributed by atoms with van der Waals surface area (Å²) in [7, 11) is 1.94. The molecule has 2 aromatic heterocycles. The fourth-order valence-electron chi connectivity index (χ4n) is 4.42. The summed E-state index contributed by atoms with van der Waals surface area (Å²) in [4.78, 5) is 25.0. The number of hydrogen-bond acceptors (Lipinski definition) is 7. The maximum atomic E-state index is 13.5. The van der Waals surface area contributed by atoms with E-state index in [0.29, 0.717) is 31.2 Å². The first kappa shape index (κ1) is 29.0. The number of carbonyl (C=O) groups excluding carboxylic acids is 1. The van der Waals surface area contributed by atoms with E-state index >= 15 is 0 Å². The third kappa shape index (κ3) is 6.51. The van der Waals surface area contributed by atoms with Gasteiger partial charge < -0.3 is 21.3 Å². The van der Waals surface area contributed by atoms with Crippen molar-refractivity contribution in [3.05, 3.63) is 110 Å². The summed E-state index contributed by atoms with van der Waals surface area (Å²) in [5, 5.41) is 5.40. The second kappa shape index (κ2) is 11.8. The highest BCUT2D eigenvalue weighted by molar-refractivity contribution is 7.12. The Hall–Kier alpha value is -4.52. The number of benzene rings is 2. The van der Waals surface area contributed by atoms with Crippen LogP contribution < -0.4 is 21.3 Å². The Morgan fingerprint density at radius 3 is 2.52 bits per heavy atom. The molecule has 0 radical (unpaired) electrons. The molecular formula is C29H25F5N6OS. The number of carbonyl (C=O) groups is 1. The topological polar surface area (TPSA) is 95.6 Å². The average Bonchev–Trinajstić information content (AvgIpc) is 3.41. The van der Waals surface area contributed by atoms with Crippen LogP contribution in [0.25, 0.3) is 0 Å². The van der Waals surface area contributed by atoms with Crippen molar-refractivity contribution < 1.29 is 26.7 Å². The number of aromatic nitrogens is 1. The third-order valence-corrected chi connectivity index (χ3v) is 7.71. The van der Waals surface area contributed by atoms with Gasteiger partial charge in [0.15, 0.2) is 11.6 Å². The van der Waals surface area contributed by atoms with Crippen LogP contribution in [-0.2, 0) is 25.7 Å². The van der Waals surface area contributed by atoms with Gasteiger partial charge in [-0.3, -0.25) is 4.79 Å². The van der Waals surface area contributed by atoms with Crippen LogP contribution in [0.2, 0.25) is 0 Å². The van der Waals surface area contributed by atoms with Gasteiger partial charge >= 0.3 is 6.18 Å². The molecule has 2 aromatic carbocycles. The van der Waals surface area contributed by atoms with Crippen molar-refractivity contribution in [2.75, 3.05) is 23.9 Å². The number of amides is 1. The maximum Gasteiger partial charge on any atom is 0.417 e. The minimum atomic E-state index is -4.72. The molecule has 0 aliphatic carbocycles. The highest BCUT2D eigenvalue weighted by atomic mass is 32.1. The molecule has 3 heterocycles. The first-order valence-electron chi connectivity index (χ1n) is 12.7. The molecule has 5 rings (SSSR count). The van der Waals surface area contributed by atoms with Crippen LogP contribution in [0, 0.1) is 11.6 Å². The Balaban J connectivity index is 1.28. The quantitative estimate of drug-likeness (QED) is 0.226. The number of halogens is 5. The third-order valence-electron chi connectivity index (χ3n) is 6.62. The summed E-state index contributed by atoms with van der Waals surface area (Å²) >= 11 is 1.51. The van der Waals surface area contributed by atoms with Gasteiger partial charge in [0, 0.05) is 47.2 Å². The van der Waals surface area contributed by atoms with Gasteiger partial charge in [-0.05, 0) is 53.6 Å². The van der Waals surface area contributed by atoms with Gasteiger partial charge in [-0.2, -0.15) is 13.2 Å². The molecule has 0 atom stereocenters. The van der Waals surface area contributed by atoms with E-state index in [4.69, 9.17) is 5.73 Å². The zero-order chi connectivity index (χ0) is 30.0. The molecule has 0 saturated carbocycles. The number of amidine groups is 1. The molecule has 4 N–H and O–H groups in total. The van der Waals surface area contributed by atoms with Crippen LogP contribution in [0.5, 0.6) is 0 Å². The monoisotopic (exact) mass is 600 g/mol. The number of thiophene rings is 1. The molecule has 4 aromatic rings. The van der Waals surface area contributed by atoms with Crippen molar-refractivity contribution in [1.29, 1.82) is 0 Å². The van der Waals surface area contributed by atoms with Crippen molar-refractivity contribution in [2.24, 2.45) is 10.7 Å². The van der Waals surface area contributed by atoms with Crippen molar-refractivity contribution in [3.8, 4) is 0 Å². The van der Waals surface area contributed by atoms with Crippen LogP contribution >= 0.6 is 11.3 Å². The lowest BCUT2D eigenvalue weighted by Crippen LogP contribution is -2.29. The highest BCUT2D eigenvalue weighted by Crippen LogP contribution is 2.31. The van der Waals surface area contributed by atoms with Crippen LogP contribution in [0.4, 0.5) is 33.5 Å². The fourth-order valence-corrected chi connectivity index (χ4v) is 5.41. The van der Waals surface area contributed by atoms with Gasteiger partial charge in [-0.15, -0.1) is 11.3 Å². The number of fused-ring (bicyclic) bond motifs is 1. The van der Waals surface area contributed by atoms with E-state index in [1.807, 2.05) is 42.3 Å². The molecule has 0 unspecified atom stereocenters. The molecule has 0 fully saturated rings. The maximum absolute atomic E-state index is 13.5. The van der Waals surface area contributed by atoms with Crippen molar-refractivity contribution in [1.82, 2.24) is 10.3 Å². The standard InChI is InChI=1S/C29H25F5N6OS/c1-40-15-39-26(35)21-9-16(3-7-25(21)40)8-19-4-5-20(42-19)14-37-27-22(11-18(13-36-27)29(32,33)34)28(41)38-12-17-2-6-23(30)24(31)10-17/h2-7,9-11,13H,8,12,14-15H2,1H3,(H2,35,39)(H,36,37)(H,38,41). The van der Waals surface area contributed by atoms with Gasteiger partial charge in [0.2, 0.25) is 0 Å². The molecule has 1 aliphatic heterocycles. The molecule has 13 heteroatoms. The van der Waals surface area contributed by atoms with Gasteiger partial charge in [0.1, 0.15) is 18.3 Å². The Morgan fingerprint density at radius 1 is 1.00 bits per heavy atom. The summed E-state index contributed by atoms with van der Waals surface area (Å²) in [6.07, 6.45) is -3.42. The van der Waals surface area contributed by atoms with Gasteiger partial charge in [-0.25, -0.2) is 18.8 Å². The Labute approximate surface area is 241 Å². The Morgan fingerprint density at radius 2 is 1.76 bits per heavy atom. The fraction of sp³-hybridized carbons (Fsp3) is 0.207. The number of anilines is 2. The number of hydrogen-bond donors (Lipinski definition) is 3. The summed E-state index contributed by atoms with van der Waals surface area (Å²) < 4.78 is 66.9. The lowest BCUT2D eigenvalue weighted by Gasteiger charge is -2.25. The number of nitrogens with two attached hydrogens (primary N) is 1. The minimum absolute atomic E-state index is 0.0469. The van der Waals surface area contributed by atoms with Crippen LogP contribution in [0.1, 0.15) is 42.4 Å². The molecule has 218 valence electrons. The van der Waals surface area contributed by atoms with E-state index in [0.717, 1.165) is 38.7 Å². The highest BCUT2D eigenvalue weighted by Gasteiger charge is 2.32. The van der Waals surface area contributed by atoms with Crippen molar-refractivity contribution in [2.45, 2.75) is 25.7 Å². The summed E-state index contributed by atoms with van der Waals surface area (Å²) in [6.45, 7) is 0.489. The number of nitrogens with zero attached hydrogens (tertiary/aromatic N) is 3. The molecular weight excluding hydrogens is 575 g/mol. The number of alkyl halides is 3. The van der Waals surface area contributed by atoms with E-state index in [2.05, 4.69) is 20.6 Å². The second-order valence-electron chi connectivity index (χ2n) is 9.68. The predicted molar refractivity (Wildman–Crippen MR) is 152 cm³/mol. The lowest BCUT2D eigenvalue weighted by atomic mass is 10.0. The van der Waals surface area contributed by atoms with Crippen molar-refractivity contribution >= 4 is 34.6 Å². The first-order chi connectivity index (χ1) is 20.0. The number of aliphatic imine (C=N–C) groups is 1. The van der Waals surface area contributed by atoms with E-state index in [9.17, 15) is 26.7 Å². The SMILES string of the molecule is CN1CN=C(N)c2cc(Cc3ccc(CNc4ncc(C(F)(F)F)cc4C(=O)NCc4ccc(F)c(F)c4)s3)ccc21. The molecule has 42 heavy (non-hydrogen) atoms. The average molecular weight is 601 g/mol. The summed E-state index contributed by atoms with van der Waals surface area (Å²) in [6, 6.07) is 13.7.